The summed E-state index contributed by atoms with van der Waals surface area (Å²) in [6, 6.07) is 6.00. The number of aromatic nitrogens is 3. The minimum atomic E-state index is -0.0954. The molecule has 0 fully saturated rings. The molecule has 8 heteroatoms. The summed E-state index contributed by atoms with van der Waals surface area (Å²) in [5.74, 6) is -0.0954. The van der Waals surface area contributed by atoms with Crippen molar-refractivity contribution in [2.75, 3.05) is 4.90 Å². The van der Waals surface area contributed by atoms with E-state index in [1.807, 2.05) is 31.4 Å². The molecule has 4 aromatic rings. The van der Waals surface area contributed by atoms with Gasteiger partial charge in [0.05, 0.1) is 29.6 Å². The summed E-state index contributed by atoms with van der Waals surface area (Å²) in [5, 5.41) is 3.28. The molecule has 3 heterocycles. The molecular weight excluding hydrogens is 428 g/mol. The summed E-state index contributed by atoms with van der Waals surface area (Å²) >= 11 is 3.05. The van der Waals surface area contributed by atoms with Gasteiger partial charge in [-0.05, 0) is 50.3 Å². The third-order valence-corrected chi connectivity index (χ3v) is 7.74. The van der Waals surface area contributed by atoms with E-state index in [0.29, 0.717) is 11.7 Å². The fourth-order valence-electron chi connectivity index (χ4n) is 4.24. The lowest BCUT2D eigenvalue weighted by Crippen LogP contribution is -2.24. The maximum absolute atomic E-state index is 13.1. The number of aryl methyl sites for hydroxylation is 4. The first-order valence-corrected chi connectivity index (χ1v) is 11.9. The summed E-state index contributed by atoms with van der Waals surface area (Å²) in [4.78, 5) is 38.6. The van der Waals surface area contributed by atoms with Gasteiger partial charge in [0, 0.05) is 17.2 Å². The lowest BCUT2D eigenvalue weighted by Gasteiger charge is -2.20. The quantitative estimate of drug-likeness (QED) is 0.450. The molecule has 0 saturated carbocycles. The second kappa shape index (κ2) is 7.69. The van der Waals surface area contributed by atoms with Gasteiger partial charge in [0.1, 0.15) is 4.83 Å². The molecule has 31 heavy (non-hydrogen) atoms. The highest BCUT2D eigenvalue weighted by atomic mass is 32.1. The predicted octanol–water partition coefficient (Wildman–Crippen LogP) is 4.75. The van der Waals surface area contributed by atoms with Gasteiger partial charge in [0.25, 0.3) is 5.56 Å². The molecule has 0 aliphatic heterocycles. The molecule has 5 rings (SSSR count). The van der Waals surface area contributed by atoms with Crippen molar-refractivity contribution in [3.05, 3.63) is 67.5 Å². The number of carbonyl (C=O) groups excluding carboxylic acids is 1. The highest BCUT2D eigenvalue weighted by Crippen LogP contribution is 2.35. The van der Waals surface area contributed by atoms with Crippen LogP contribution in [0.3, 0.4) is 0 Å². The van der Waals surface area contributed by atoms with Crippen LogP contribution in [0, 0.1) is 13.8 Å². The Labute approximate surface area is 187 Å². The summed E-state index contributed by atoms with van der Waals surface area (Å²) in [7, 11) is 0. The second-order valence-corrected chi connectivity index (χ2v) is 9.90. The number of rotatable bonds is 4. The second-order valence-electron chi connectivity index (χ2n) is 7.98. The number of anilines is 2. The largest absolute Gasteiger partial charge is 0.293 e. The zero-order valence-electron chi connectivity index (χ0n) is 17.6. The van der Waals surface area contributed by atoms with Crippen LogP contribution in [0.1, 0.15) is 40.6 Å². The highest BCUT2D eigenvalue weighted by Gasteiger charge is 2.22. The Balaban J connectivity index is 1.49. The normalized spacial score (nSPS) is 13.0. The van der Waals surface area contributed by atoms with E-state index in [-0.39, 0.29) is 11.5 Å². The number of hydrogen-bond acceptors (Lipinski definition) is 6. The van der Waals surface area contributed by atoms with Gasteiger partial charge in [-0.1, -0.05) is 17.7 Å². The van der Waals surface area contributed by atoms with Crippen molar-refractivity contribution in [1.29, 1.82) is 0 Å². The van der Waals surface area contributed by atoms with Crippen molar-refractivity contribution in [2.45, 2.75) is 46.6 Å². The van der Waals surface area contributed by atoms with Crippen LogP contribution in [0.4, 0.5) is 10.8 Å². The Bertz CT molecular complexity index is 1380. The smallest absolute Gasteiger partial charge is 0.262 e. The Morgan fingerprint density at radius 2 is 2.10 bits per heavy atom. The van der Waals surface area contributed by atoms with E-state index >= 15 is 0 Å². The highest BCUT2D eigenvalue weighted by molar-refractivity contribution is 7.18. The molecule has 0 radical (unpaired) electrons. The molecule has 6 nitrogen and oxygen atoms in total. The van der Waals surface area contributed by atoms with Gasteiger partial charge < -0.3 is 0 Å². The van der Waals surface area contributed by atoms with E-state index in [1.54, 1.807) is 34.1 Å². The van der Waals surface area contributed by atoms with Gasteiger partial charge in [0.15, 0.2) is 5.13 Å². The third kappa shape index (κ3) is 3.49. The van der Waals surface area contributed by atoms with E-state index in [2.05, 4.69) is 16.0 Å². The molecule has 158 valence electrons. The van der Waals surface area contributed by atoms with Crippen molar-refractivity contribution in [3.8, 4) is 0 Å². The fourth-order valence-corrected chi connectivity index (χ4v) is 6.33. The molecule has 3 aromatic heterocycles. The third-order valence-electron chi connectivity index (χ3n) is 5.66. The number of carbonyl (C=O) groups is 1. The average molecular weight is 451 g/mol. The minimum absolute atomic E-state index is 0.00301. The molecule has 0 bridgehead atoms. The Hall–Kier alpha value is -2.84. The molecule has 1 aliphatic carbocycles. The molecule has 0 saturated heterocycles. The van der Waals surface area contributed by atoms with Gasteiger partial charge in [-0.15, -0.1) is 22.7 Å². The Morgan fingerprint density at radius 3 is 2.87 bits per heavy atom. The van der Waals surface area contributed by atoms with Crippen LogP contribution >= 0.6 is 22.7 Å². The average Bonchev–Trinajstić information content (AvgIpc) is 3.42. The van der Waals surface area contributed by atoms with Crippen LogP contribution in [0.5, 0.6) is 0 Å². The lowest BCUT2D eigenvalue weighted by molar-refractivity contribution is -0.115. The van der Waals surface area contributed by atoms with Crippen molar-refractivity contribution >= 4 is 49.6 Å². The first-order chi connectivity index (χ1) is 14.9. The van der Waals surface area contributed by atoms with Gasteiger partial charge in [-0.2, -0.15) is 0 Å². The standard InChI is InChI=1S/C23H22N4O2S2/c1-13-7-8-18(14(2)9-13)27(15(3)28)23-25-16(11-30-23)10-26-12-24-21-20(22(26)29)17-5-4-6-19(17)31-21/h7-9,11-12H,4-6,10H2,1-3H3. The van der Waals surface area contributed by atoms with Crippen molar-refractivity contribution in [3.63, 3.8) is 0 Å². The van der Waals surface area contributed by atoms with Gasteiger partial charge in [0.2, 0.25) is 5.91 Å². The molecule has 1 aromatic carbocycles. The number of hydrogen-bond donors (Lipinski definition) is 0. The minimum Gasteiger partial charge on any atom is -0.293 e. The van der Waals surface area contributed by atoms with Gasteiger partial charge >= 0.3 is 0 Å². The van der Waals surface area contributed by atoms with E-state index < -0.39 is 0 Å². The van der Waals surface area contributed by atoms with Crippen molar-refractivity contribution in [2.24, 2.45) is 0 Å². The van der Waals surface area contributed by atoms with Crippen molar-refractivity contribution in [1.82, 2.24) is 14.5 Å². The molecule has 1 aliphatic rings. The maximum Gasteiger partial charge on any atom is 0.262 e. The number of thiazole rings is 1. The van der Waals surface area contributed by atoms with E-state index in [1.165, 1.54) is 21.8 Å². The number of fused-ring (bicyclic) bond motifs is 3. The van der Waals surface area contributed by atoms with E-state index in [9.17, 15) is 9.59 Å². The molecule has 1 amide bonds. The number of thiophene rings is 1. The van der Waals surface area contributed by atoms with Gasteiger partial charge in [-0.3, -0.25) is 19.1 Å². The zero-order chi connectivity index (χ0) is 21.7. The van der Waals surface area contributed by atoms with Crippen molar-refractivity contribution < 1.29 is 4.79 Å². The predicted molar refractivity (Wildman–Crippen MR) is 126 cm³/mol. The van der Waals surface area contributed by atoms with Gasteiger partial charge in [-0.25, -0.2) is 9.97 Å². The van der Waals surface area contributed by atoms with E-state index in [4.69, 9.17) is 0 Å². The van der Waals surface area contributed by atoms with Crippen LogP contribution in [0.2, 0.25) is 0 Å². The SMILES string of the molecule is CC(=O)N(c1nc(Cn2cnc3sc4c(c3c2=O)CCC4)cs1)c1ccc(C)cc1C. The number of amides is 1. The summed E-state index contributed by atoms with van der Waals surface area (Å²) in [5.41, 5.74) is 4.91. The fraction of sp³-hybridized carbons (Fsp3) is 0.304. The molecule has 0 spiro atoms. The van der Waals surface area contributed by atoms with Crippen LogP contribution < -0.4 is 10.5 Å². The Morgan fingerprint density at radius 1 is 1.26 bits per heavy atom. The molecule has 0 atom stereocenters. The summed E-state index contributed by atoms with van der Waals surface area (Å²) in [6.07, 6.45) is 4.73. The number of nitrogens with zero attached hydrogens (tertiary/aromatic N) is 4. The first kappa shape index (κ1) is 20.1. The lowest BCUT2D eigenvalue weighted by atomic mass is 10.1. The molecular formula is C23H22N4O2S2. The topological polar surface area (TPSA) is 68.1 Å². The first-order valence-electron chi connectivity index (χ1n) is 10.2. The summed E-state index contributed by atoms with van der Waals surface area (Å²) in [6.45, 7) is 5.90. The van der Waals surface area contributed by atoms with Crippen LogP contribution in [0.15, 0.2) is 34.7 Å². The van der Waals surface area contributed by atoms with Crippen LogP contribution in [0.25, 0.3) is 10.2 Å². The monoisotopic (exact) mass is 450 g/mol. The zero-order valence-corrected chi connectivity index (χ0v) is 19.3. The summed E-state index contributed by atoms with van der Waals surface area (Å²) < 4.78 is 1.63. The molecule has 0 unspecified atom stereocenters. The van der Waals surface area contributed by atoms with Crippen LogP contribution in [-0.2, 0) is 24.2 Å². The van der Waals surface area contributed by atoms with E-state index in [0.717, 1.165) is 52.0 Å². The van der Waals surface area contributed by atoms with Crippen LogP contribution in [-0.4, -0.2) is 20.4 Å². The Kier molecular flexibility index (Phi) is 4.98. The molecule has 0 N–H and O–H groups in total. The number of benzene rings is 1. The maximum atomic E-state index is 13.1.